The Kier molecular flexibility index (Phi) is 8.58. The summed E-state index contributed by atoms with van der Waals surface area (Å²) in [5.41, 5.74) is 9.44. The van der Waals surface area contributed by atoms with Crippen LogP contribution < -0.4 is 0 Å². The summed E-state index contributed by atoms with van der Waals surface area (Å²) in [6.07, 6.45) is 4.46. The maximum atomic E-state index is 14.0. The van der Waals surface area contributed by atoms with Crippen molar-refractivity contribution < 1.29 is 13.2 Å². The second-order valence-corrected chi connectivity index (χ2v) is 14.6. The Balaban J connectivity index is 1.47. The number of hydrogen-bond acceptors (Lipinski definition) is 6. The molecule has 0 atom stereocenters. The van der Waals surface area contributed by atoms with Crippen molar-refractivity contribution in [2.24, 2.45) is 0 Å². The Hall–Kier alpha value is -4.31. The van der Waals surface area contributed by atoms with Crippen molar-refractivity contribution in [2.75, 3.05) is 47.8 Å². The van der Waals surface area contributed by atoms with Crippen molar-refractivity contribution >= 4 is 27.0 Å². The van der Waals surface area contributed by atoms with Crippen molar-refractivity contribution in [1.82, 2.24) is 23.7 Å². The molecule has 1 aliphatic rings. The Labute approximate surface area is 271 Å². The molecule has 1 amide bonds. The quantitative estimate of drug-likeness (QED) is 0.213. The fourth-order valence-corrected chi connectivity index (χ4v) is 7.53. The van der Waals surface area contributed by atoms with Gasteiger partial charge in [0.1, 0.15) is 0 Å². The number of carbonyl (C=O) groups excluding carboxylic acids is 1. The minimum absolute atomic E-state index is 0.0945. The molecule has 2 aromatic heterocycles. The van der Waals surface area contributed by atoms with E-state index in [1.807, 2.05) is 25.1 Å². The first-order valence-corrected chi connectivity index (χ1v) is 17.0. The molecule has 46 heavy (non-hydrogen) atoms. The number of aryl methyl sites for hydroxylation is 2. The molecule has 0 saturated heterocycles. The molecule has 238 valence electrons. The Morgan fingerprint density at radius 2 is 1.61 bits per heavy atom. The van der Waals surface area contributed by atoms with Crippen LogP contribution in [0.25, 0.3) is 33.3 Å². The summed E-state index contributed by atoms with van der Waals surface area (Å²) in [5.74, 6) is -0.0945. The Morgan fingerprint density at radius 1 is 0.891 bits per heavy atom. The third-order valence-corrected chi connectivity index (χ3v) is 10.5. The molecule has 3 aromatic carbocycles. The predicted molar refractivity (Wildman–Crippen MR) is 185 cm³/mol. The molecule has 1 aliphatic heterocycles. The maximum Gasteiger partial charge on any atom is 0.269 e. The number of nitrogens with zero attached hydrogens (tertiary/aromatic N) is 5. The highest BCUT2D eigenvalue weighted by Gasteiger charge is 2.24. The summed E-state index contributed by atoms with van der Waals surface area (Å²) >= 11 is 0. The Morgan fingerprint density at radius 3 is 2.28 bits per heavy atom. The van der Waals surface area contributed by atoms with Crippen LogP contribution in [0.4, 0.5) is 0 Å². The summed E-state index contributed by atoms with van der Waals surface area (Å²) in [5, 5.41) is 0.725. The summed E-state index contributed by atoms with van der Waals surface area (Å²) < 4.78 is 29.2. The van der Waals surface area contributed by atoms with Crippen LogP contribution in [0, 0.1) is 13.8 Å². The second-order valence-electron chi connectivity index (χ2n) is 12.8. The lowest BCUT2D eigenvalue weighted by Crippen LogP contribution is -2.36. The fourth-order valence-electron chi connectivity index (χ4n) is 6.20. The molecule has 0 aliphatic carbocycles. The van der Waals surface area contributed by atoms with Gasteiger partial charge in [-0.1, -0.05) is 35.9 Å². The van der Waals surface area contributed by atoms with Gasteiger partial charge in [-0.3, -0.25) is 9.69 Å². The van der Waals surface area contributed by atoms with Crippen molar-refractivity contribution in [3.63, 3.8) is 0 Å². The van der Waals surface area contributed by atoms with E-state index in [-0.39, 0.29) is 10.8 Å². The van der Waals surface area contributed by atoms with E-state index < -0.39 is 10.0 Å². The topological polar surface area (TPSA) is 78.8 Å². The van der Waals surface area contributed by atoms with E-state index >= 15 is 0 Å². The van der Waals surface area contributed by atoms with Crippen molar-refractivity contribution in [1.29, 1.82) is 0 Å². The number of benzene rings is 3. The van der Waals surface area contributed by atoms with Gasteiger partial charge in [0.2, 0.25) is 0 Å². The number of carbonyl (C=O) groups is 1. The van der Waals surface area contributed by atoms with Crippen LogP contribution in [0.5, 0.6) is 0 Å². The molecular weight excluding hydrogens is 595 g/mol. The lowest BCUT2D eigenvalue weighted by atomic mass is 9.90. The van der Waals surface area contributed by atoms with Crippen molar-refractivity contribution in [2.45, 2.75) is 31.7 Å². The minimum atomic E-state index is -3.93. The van der Waals surface area contributed by atoms with Crippen molar-refractivity contribution in [3.8, 4) is 22.3 Å². The normalized spacial score (nSPS) is 13.7. The van der Waals surface area contributed by atoms with Gasteiger partial charge in [0.15, 0.2) is 5.65 Å². The van der Waals surface area contributed by atoms with Gasteiger partial charge in [-0.05, 0) is 98.6 Å². The van der Waals surface area contributed by atoms with Crippen LogP contribution in [0.15, 0.2) is 84.0 Å². The van der Waals surface area contributed by atoms with Crippen molar-refractivity contribution in [3.05, 3.63) is 107 Å². The van der Waals surface area contributed by atoms with Crippen LogP contribution in [0.3, 0.4) is 0 Å². The van der Waals surface area contributed by atoms with Crippen LogP contribution in [-0.2, 0) is 23.0 Å². The zero-order chi connectivity index (χ0) is 32.7. The summed E-state index contributed by atoms with van der Waals surface area (Å²) in [6, 6.07) is 20.7. The maximum absolute atomic E-state index is 14.0. The zero-order valence-corrected chi connectivity index (χ0v) is 28.2. The number of rotatable bonds is 8. The smallest absolute Gasteiger partial charge is 0.269 e. The van der Waals surface area contributed by atoms with Gasteiger partial charge in [-0.2, -0.15) is 0 Å². The molecule has 5 aromatic rings. The molecule has 0 saturated carbocycles. The predicted octanol–water partition coefficient (Wildman–Crippen LogP) is 5.85. The van der Waals surface area contributed by atoms with E-state index in [0.717, 1.165) is 65.8 Å². The largest absolute Gasteiger partial charge is 0.345 e. The van der Waals surface area contributed by atoms with E-state index in [0.29, 0.717) is 11.2 Å². The van der Waals surface area contributed by atoms with E-state index in [4.69, 9.17) is 4.98 Å². The van der Waals surface area contributed by atoms with Crippen LogP contribution >= 0.6 is 0 Å². The zero-order valence-electron chi connectivity index (χ0n) is 27.4. The van der Waals surface area contributed by atoms with Gasteiger partial charge in [-0.25, -0.2) is 17.4 Å². The van der Waals surface area contributed by atoms with Gasteiger partial charge in [0.25, 0.3) is 15.9 Å². The van der Waals surface area contributed by atoms with Gasteiger partial charge < -0.3 is 9.80 Å². The third-order valence-electron chi connectivity index (χ3n) is 8.87. The highest BCUT2D eigenvalue weighted by molar-refractivity contribution is 7.90. The average molecular weight is 636 g/mol. The van der Waals surface area contributed by atoms with Crippen LogP contribution in [0.2, 0.25) is 0 Å². The van der Waals surface area contributed by atoms with Gasteiger partial charge in [0.05, 0.1) is 4.90 Å². The van der Waals surface area contributed by atoms with Crippen LogP contribution in [0.1, 0.15) is 32.6 Å². The molecule has 0 N–H and O–H groups in total. The molecule has 3 heterocycles. The third kappa shape index (κ3) is 6.10. The molecule has 9 heteroatoms. The minimum Gasteiger partial charge on any atom is -0.345 e. The van der Waals surface area contributed by atoms with E-state index in [2.05, 4.69) is 43.0 Å². The first kappa shape index (κ1) is 31.7. The van der Waals surface area contributed by atoms with Gasteiger partial charge >= 0.3 is 0 Å². The summed E-state index contributed by atoms with van der Waals surface area (Å²) in [6.45, 7) is 8.11. The van der Waals surface area contributed by atoms with Gasteiger partial charge in [-0.15, -0.1) is 0 Å². The number of amides is 1. The average Bonchev–Trinajstić information content (AvgIpc) is 3.43. The highest BCUT2D eigenvalue weighted by Crippen LogP contribution is 2.36. The fraction of sp³-hybridized carbons (Fsp3) is 0.297. The van der Waals surface area contributed by atoms with Crippen LogP contribution in [-0.4, -0.2) is 85.8 Å². The molecule has 8 nitrogen and oxygen atoms in total. The molecule has 0 unspecified atom stereocenters. The number of fused-ring (bicyclic) bond motifs is 2. The molecular formula is C37H41N5O3S. The number of pyridine rings is 1. The number of aromatic nitrogens is 2. The SMILES string of the molecule is Cc1ccc(S(=O)(=O)n2cc(-c3ccc(C(=O)N(C)C)cc3)c3cc(-c4cc(C)c5c(c4)CN(CCN(C)C)CC5)cnc32)cc1. The monoisotopic (exact) mass is 635 g/mol. The standard InChI is InChI=1S/C37H41N5O3S/c1-25-7-13-32(14-8-25)46(44,45)42-24-35(27-9-11-28(12-10-27)37(43)40(5)6)34-21-30(22-38-36(34)42)29-19-26(2)33-15-16-41(18-17-39(3)4)23-31(33)20-29/h7-14,19-22,24H,15-18,23H2,1-6H3. The highest BCUT2D eigenvalue weighted by atomic mass is 32.2. The van der Waals surface area contributed by atoms with E-state index in [1.54, 1.807) is 62.9 Å². The lowest BCUT2D eigenvalue weighted by Gasteiger charge is -2.31. The molecule has 6 rings (SSSR count). The summed E-state index contributed by atoms with van der Waals surface area (Å²) in [4.78, 5) is 23.8. The second kappa shape index (κ2) is 12.5. The molecule has 0 spiro atoms. The van der Waals surface area contributed by atoms with Gasteiger partial charge in [0, 0.05) is 74.7 Å². The number of hydrogen-bond donors (Lipinski definition) is 0. The van der Waals surface area contributed by atoms with E-state index in [1.165, 1.54) is 25.6 Å². The summed E-state index contributed by atoms with van der Waals surface area (Å²) in [7, 11) is 3.72. The Bertz CT molecular complexity index is 2030. The lowest BCUT2D eigenvalue weighted by molar-refractivity contribution is 0.0827. The molecule has 0 fully saturated rings. The first-order valence-electron chi connectivity index (χ1n) is 15.6. The number of likely N-dealkylation sites (N-methyl/N-ethyl adjacent to an activating group) is 1. The van der Waals surface area contributed by atoms with E-state index in [9.17, 15) is 13.2 Å². The first-order chi connectivity index (χ1) is 21.9. The molecule has 0 bridgehead atoms. The molecule has 0 radical (unpaired) electrons.